The third-order valence-electron chi connectivity index (χ3n) is 3.76. The molecule has 3 heteroatoms. The number of nitrogens with two attached hydrogens (primary N) is 1. The van der Waals surface area contributed by atoms with Crippen molar-refractivity contribution in [3.8, 4) is 5.75 Å². The maximum Gasteiger partial charge on any atom is 0.122 e. The first kappa shape index (κ1) is 16.1. The standard InChI is InChI=1S/C18H22BrNO/c1-11-5-6-17(21-4)15(7-11)10-16(20)14-8-12(2)18(19)13(3)9-14/h5-9,16H,10,20H2,1-4H3. The van der Waals surface area contributed by atoms with Gasteiger partial charge in [-0.15, -0.1) is 0 Å². The second-order valence-electron chi connectivity index (χ2n) is 5.59. The summed E-state index contributed by atoms with van der Waals surface area (Å²) in [5.41, 5.74) is 12.4. The van der Waals surface area contributed by atoms with Gasteiger partial charge < -0.3 is 10.5 Å². The minimum atomic E-state index is -0.0359. The highest BCUT2D eigenvalue weighted by atomic mass is 79.9. The Labute approximate surface area is 135 Å². The Morgan fingerprint density at radius 2 is 1.71 bits per heavy atom. The monoisotopic (exact) mass is 347 g/mol. The van der Waals surface area contributed by atoms with Crippen LogP contribution in [0.5, 0.6) is 5.75 Å². The highest BCUT2D eigenvalue weighted by Gasteiger charge is 2.13. The maximum atomic E-state index is 6.42. The summed E-state index contributed by atoms with van der Waals surface area (Å²) in [4.78, 5) is 0. The molecular formula is C18H22BrNO. The SMILES string of the molecule is COc1ccc(C)cc1CC(N)c1cc(C)c(Br)c(C)c1. The molecular weight excluding hydrogens is 326 g/mol. The van der Waals surface area contributed by atoms with E-state index in [4.69, 9.17) is 10.5 Å². The molecule has 0 amide bonds. The lowest BCUT2D eigenvalue weighted by molar-refractivity contribution is 0.408. The Hall–Kier alpha value is -1.32. The van der Waals surface area contributed by atoms with E-state index in [1.165, 1.54) is 16.7 Å². The number of methoxy groups -OCH3 is 1. The van der Waals surface area contributed by atoms with Gasteiger partial charge in [0.05, 0.1) is 7.11 Å². The fourth-order valence-electron chi connectivity index (χ4n) is 2.62. The summed E-state index contributed by atoms with van der Waals surface area (Å²) >= 11 is 3.60. The van der Waals surface area contributed by atoms with Crippen molar-refractivity contribution in [2.75, 3.05) is 7.11 Å². The predicted molar refractivity (Wildman–Crippen MR) is 92.0 cm³/mol. The number of hydrogen-bond donors (Lipinski definition) is 1. The van der Waals surface area contributed by atoms with Crippen LogP contribution in [0.3, 0.4) is 0 Å². The lowest BCUT2D eigenvalue weighted by atomic mass is 9.95. The Bertz CT molecular complexity index is 629. The Kier molecular flexibility index (Phi) is 5.07. The Morgan fingerprint density at radius 1 is 1.10 bits per heavy atom. The molecule has 0 aromatic heterocycles. The first-order chi connectivity index (χ1) is 9.92. The Balaban J connectivity index is 2.30. The number of rotatable bonds is 4. The van der Waals surface area contributed by atoms with E-state index < -0.39 is 0 Å². The minimum absolute atomic E-state index is 0.0359. The molecule has 0 fully saturated rings. The molecule has 0 heterocycles. The van der Waals surface area contributed by atoms with Crippen LogP contribution < -0.4 is 10.5 Å². The van der Waals surface area contributed by atoms with Crippen LogP contribution in [-0.4, -0.2) is 7.11 Å². The highest BCUT2D eigenvalue weighted by Crippen LogP contribution is 2.28. The molecule has 2 aromatic carbocycles. The van der Waals surface area contributed by atoms with Crippen LogP contribution in [0, 0.1) is 20.8 Å². The largest absolute Gasteiger partial charge is 0.496 e. The molecule has 21 heavy (non-hydrogen) atoms. The van der Waals surface area contributed by atoms with E-state index in [0.717, 1.165) is 27.8 Å². The Morgan fingerprint density at radius 3 is 2.29 bits per heavy atom. The van der Waals surface area contributed by atoms with Crippen molar-refractivity contribution >= 4 is 15.9 Å². The molecule has 2 rings (SSSR count). The molecule has 1 unspecified atom stereocenters. The fraction of sp³-hybridized carbons (Fsp3) is 0.333. The van der Waals surface area contributed by atoms with E-state index in [0.29, 0.717) is 0 Å². The van der Waals surface area contributed by atoms with Crippen molar-refractivity contribution in [3.05, 3.63) is 62.6 Å². The molecule has 2 N–H and O–H groups in total. The summed E-state index contributed by atoms with van der Waals surface area (Å²) in [7, 11) is 1.70. The van der Waals surface area contributed by atoms with Crippen LogP contribution in [0.25, 0.3) is 0 Å². The maximum absolute atomic E-state index is 6.42. The molecule has 0 aliphatic rings. The number of benzene rings is 2. The van der Waals surface area contributed by atoms with Crippen molar-refractivity contribution in [1.82, 2.24) is 0 Å². The molecule has 2 aromatic rings. The van der Waals surface area contributed by atoms with Gasteiger partial charge in [0.15, 0.2) is 0 Å². The quantitative estimate of drug-likeness (QED) is 0.875. The van der Waals surface area contributed by atoms with E-state index in [1.807, 2.05) is 6.07 Å². The van der Waals surface area contributed by atoms with Gasteiger partial charge in [0.2, 0.25) is 0 Å². The van der Waals surface area contributed by atoms with Crippen LogP contribution in [0.2, 0.25) is 0 Å². The second kappa shape index (κ2) is 6.63. The van der Waals surface area contributed by atoms with Crippen LogP contribution in [0.4, 0.5) is 0 Å². The van der Waals surface area contributed by atoms with Crippen molar-refractivity contribution in [2.24, 2.45) is 5.73 Å². The first-order valence-electron chi connectivity index (χ1n) is 7.08. The molecule has 0 aliphatic heterocycles. The molecule has 1 atom stereocenters. The van der Waals surface area contributed by atoms with E-state index in [-0.39, 0.29) is 6.04 Å². The number of hydrogen-bond acceptors (Lipinski definition) is 2. The molecule has 0 spiro atoms. The van der Waals surface area contributed by atoms with Gasteiger partial charge in [-0.2, -0.15) is 0 Å². The summed E-state index contributed by atoms with van der Waals surface area (Å²) in [5.74, 6) is 0.904. The zero-order valence-corrected chi connectivity index (χ0v) is 14.6. The van der Waals surface area contributed by atoms with Gasteiger partial charge in [-0.1, -0.05) is 45.8 Å². The van der Waals surface area contributed by atoms with Gasteiger partial charge in [-0.3, -0.25) is 0 Å². The average molecular weight is 348 g/mol. The minimum Gasteiger partial charge on any atom is -0.496 e. The third kappa shape index (κ3) is 3.66. The van der Waals surface area contributed by atoms with Crippen LogP contribution >= 0.6 is 15.9 Å². The van der Waals surface area contributed by atoms with Gasteiger partial charge in [0.1, 0.15) is 5.75 Å². The smallest absolute Gasteiger partial charge is 0.122 e. The summed E-state index contributed by atoms with van der Waals surface area (Å²) < 4.78 is 6.60. The lowest BCUT2D eigenvalue weighted by Crippen LogP contribution is -2.14. The highest BCUT2D eigenvalue weighted by molar-refractivity contribution is 9.10. The van der Waals surface area contributed by atoms with Crippen molar-refractivity contribution in [1.29, 1.82) is 0 Å². The van der Waals surface area contributed by atoms with E-state index >= 15 is 0 Å². The topological polar surface area (TPSA) is 35.2 Å². The molecule has 0 bridgehead atoms. The molecule has 112 valence electrons. The van der Waals surface area contributed by atoms with Gasteiger partial charge in [0.25, 0.3) is 0 Å². The third-order valence-corrected chi connectivity index (χ3v) is 5.01. The summed E-state index contributed by atoms with van der Waals surface area (Å²) in [6.07, 6.45) is 0.769. The van der Waals surface area contributed by atoms with E-state index in [1.54, 1.807) is 7.11 Å². The van der Waals surface area contributed by atoms with E-state index in [9.17, 15) is 0 Å². The predicted octanol–water partition coefficient (Wildman–Crippen LogP) is 4.63. The van der Waals surface area contributed by atoms with Crippen LogP contribution in [-0.2, 0) is 6.42 Å². The summed E-state index contributed by atoms with van der Waals surface area (Å²) in [5, 5.41) is 0. The molecule has 0 saturated carbocycles. The number of halogens is 1. The number of aryl methyl sites for hydroxylation is 3. The summed E-state index contributed by atoms with van der Waals surface area (Å²) in [6.45, 7) is 6.28. The van der Waals surface area contributed by atoms with Crippen molar-refractivity contribution < 1.29 is 4.74 Å². The second-order valence-corrected chi connectivity index (χ2v) is 6.39. The zero-order valence-electron chi connectivity index (χ0n) is 13.0. The number of ether oxygens (including phenoxy) is 1. The molecule has 0 radical (unpaired) electrons. The van der Waals surface area contributed by atoms with Crippen molar-refractivity contribution in [2.45, 2.75) is 33.2 Å². The zero-order chi connectivity index (χ0) is 15.6. The molecule has 0 aliphatic carbocycles. The van der Waals surface area contributed by atoms with E-state index in [2.05, 4.69) is 61.0 Å². The van der Waals surface area contributed by atoms with Gasteiger partial charge >= 0.3 is 0 Å². The van der Waals surface area contributed by atoms with Gasteiger partial charge in [-0.25, -0.2) is 0 Å². The molecule has 0 saturated heterocycles. The summed E-state index contributed by atoms with van der Waals surface area (Å²) in [6, 6.07) is 10.5. The average Bonchev–Trinajstić information content (AvgIpc) is 2.44. The lowest BCUT2D eigenvalue weighted by Gasteiger charge is -2.17. The van der Waals surface area contributed by atoms with Gasteiger partial charge in [0, 0.05) is 10.5 Å². The van der Waals surface area contributed by atoms with Crippen molar-refractivity contribution in [3.63, 3.8) is 0 Å². The van der Waals surface area contributed by atoms with Gasteiger partial charge in [-0.05, 0) is 55.5 Å². The first-order valence-corrected chi connectivity index (χ1v) is 7.87. The van der Waals surface area contributed by atoms with Crippen LogP contribution in [0.15, 0.2) is 34.8 Å². The fourth-order valence-corrected chi connectivity index (χ4v) is 2.84. The van der Waals surface area contributed by atoms with Crippen LogP contribution in [0.1, 0.15) is 33.9 Å². The normalized spacial score (nSPS) is 12.3. The molecule has 2 nitrogen and oxygen atoms in total.